The maximum Gasteiger partial charge on any atom is 0.0461 e. The zero-order valence-corrected chi connectivity index (χ0v) is 12.2. The van der Waals surface area contributed by atoms with Gasteiger partial charge in [-0.2, -0.15) is 0 Å². The molecular weight excluding hydrogens is 285 g/mol. The van der Waals surface area contributed by atoms with E-state index in [4.69, 9.17) is 28.9 Å². The molecule has 0 bridgehead atoms. The smallest absolute Gasteiger partial charge is 0.0461 e. The van der Waals surface area contributed by atoms with Crippen LogP contribution in [0.4, 0.5) is 5.69 Å². The normalized spacial score (nSPS) is 10.6. The fraction of sp³-hybridized carbons (Fsp3) is 0.143. The van der Waals surface area contributed by atoms with E-state index in [2.05, 4.69) is 6.07 Å². The fourth-order valence-electron chi connectivity index (χ4n) is 1.59. The highest BCUT2D eigenvalue weighted by Gasteiger charge is 2.07. The van der Waals surface area contributed by atoms with Gasteiger partial charge in [0.1, 0.15) is 0 Å². The van der Waals surface area contributed by atoms with Crippen molar-refractivity contribution in [1.82, 2.24) is 0 Å². The Hall–Kier alpha value is -0.830. The Bertz CT molecular complexity index is 549. The van der Waals surface area contributed by atoms with Crippen LogP contribution in [0, 0.1) is 6.92 Å². The summed E-state index contributed by atoms with van der Waals surface area (Å²) in [6.45, 7) is 2.05. The first-order chi connectivity index (χ1) is 8.58. The number of hydrogen-bond acceptors (Lipinski definition) is 2. The Morgan fingerprint density at radius 3 is 2.44 bits per heavy atom. The zero-order chi connectivity index (χ0) is 13.1. The van der Waals surface area contributed by atoms with Crippen molar-refractivity contribution in [1.29, 1.82) is 0 Å². The number of aryl methyl sites for hydroxylation is 1. The van der Waals surface area contributed by atoms with Crippen LogP contribution in [-0.2, 0) is 5.75 Å². The molecule has 0 aromatic heterocycles. The molecule has 2 rings (SSSR count). The van der Waals surface area contributed by atoms with Crippen LogP contribution in [0.25, 0.3) is 0 Å². The molecule has 0 fully saturated rings. The van der Waals surface area contributed by atoms with E-state index in [0.29, 0.717) is 15.8 Å². The average Bonchev–Trinajstić information content (AvgIpc) is 2.33. The van der Waals surface area contributed by atoms with Crippen molar-refractivity contribution in [2.45, 2.75) is 17.6 Å². The van der Waals surface area contributed by atoms with Gasteiger partial charge >= 0.3 is 0 Å². The molecule has 18 heavy (non-hydrogen) atoms. The van der Waals surface area contributed by atoms with Gasteiger partial charge in [-0.25, -0.2) is 0 Å². The lowest BCUT2D eigenvalue weighted by Gasteiger charge is -2.09. The van der Waals surface area contributed by atoms with Crippen LogP contribution in [0.1, 0.15) is 11.1 Å². The number of thioether (sulfide) groups is 1. The van der Waals surface area contributed by atoms with Crippen LogP contribution in [0.5, 0.6) is 0 Å². The number of anilines is 1. The van der Waals surface area contributed by atoms with Gasteiger partial charge in [0.25, 0.3) is 0 Å². The van der Waals surface area contributed by atoms with Gasteiger partial charge in [-0.3, -0.25) is 0 Å². The first kappa shape index (κ1) is 13.6. The van der Waals surface area contributed by atoms with Gasteiger partial charge in [-0.05, 0) is 42.3 Å². The van der Waals surface area contributed by atoms with Crippen molar-refractivity contribution in [3.05, 3.63) is 57.6 Å². The highest BCUT2D eigenvalue weighted by Crippen LogP contribution is 2.34. The number of hydrogen-bond donors (Lipinski definition) is 1. The molecule has 0 heterocycles. The Morgan fingerprint density at radius 2 is 1.78 bits per heavy atom. The van der Waals surface area contributed by atoms with E-state index in [1.165, 1.54) is 5.56 Å². The number of rotatable bonds is 3. The predicted octanol–water partition coefficient (Wildman–Crippen LogP) is 5.18. The van der Waals surface area contributed by atoms with E-state index in [0.717, 1.165) is 16.1 Å². The Morgan fingerprint density at radius 1 is 1.11 bits per heavy atom. The highest BCUT2D eigenvalue weighted by atomic mass is 35.5. The lowest BCUT2D eigenvalue weighted by atomic mass is 10.2. The molecule has 2 aromatic rings. The van der Waals surface area contributed by atoms with E-state index in [1.807, 2.05) is 37.3 Å². The Kier molecular flexibility index (Phi) is 4.44. The topological polar surface area (TPSA) is 26.0 Å². The Balaban J connectivity index is 2.19. The lowest BCUT2D eigenvalue weighted by molar-refractivity contribution is 1.34. The summed E-state index contributed by atoms with van der Waals surface area (Å²) in [6.07, 6.45) is 0. The largest absolute Gasteiger partial charge is 0.398 e. The molecule has 0 unspecified atom stereocenters. The number of nitrogen functional groups attached to an aromatic ring is 1. The summed E-state index contributed by atoms with van der Waals surface area (Å²) >= 11 is 13.9. The molecule has 0 saturated heterocycles. The first-order valence-electron chi connectivity index (χ1n) is 5.50. The molecule has 0 aliphatic carbocycles. The first-order valence-corrected chi connectivity index (χ1v) is 7.24. The maximum atomic E-state index is 6.14. The summed E-state index contributed by atoms with van der Waals surface area (Å²) in [4.78, 5) is 1.06. The highest BCUT2D eigenvalue weighted by molar-refractivity contribution is 7.98. The quantitative estimate of drug-likeness (QED) is 0.624. The van der Waals surface area contributed by atoms with Crippen LogP contribution in [-0.4, -0.2) is 0 Å². The van der Waals surface area contributed by atoms with Gasteiger partial charge in [0.2, 0.25) is 0 Å². The van der Waals surface area contributed by atoms with Gasteiger partial charge in [-0.15, -0.1) is 11.8 Å². The maximum absolute atomic E-state index is 6.14. The van der Waals surface area contributed by atoms with Crippen molar-refractivity contribution in [2.75, 3.05) is 5.73 Å². The monoisotopic (exact) mass is 297 g/mol. The second-order valence-electron chi connectivity index (χ2n) is 4.03. The molecule has 0 aliphatic rings. The summed E-state index contributed by atoms with van der Waals surface area (Å²) in [7, 11) is 0. The minimum Gasteiger partial charge on any atom is -0.398 e. The standard InChI is InChI=1S/C14H13Cl2NS/c1-9-5-6-13(17)14(7-9)18-8-10-11(15)3-2-4-12(10)16/h2-7H,8,17H2,1H3. The number of nitrogens with two attached hydrogens (primary N) is 1. The minimum atomic E-state index is 0.696. The molecule has 2 aromatic carbocycles. The molecule has 0 radical (unpaired) electrons. The fourth-order valence-corrected chi connectivity index (χ4v) is 3.39. The van der Waals surface area contributed by atoms with Crippen LogP contribution >= 0.6 is 35.0 Å². The molecule has 4 heteroatoms. The second-order valence-corrected chi connectivity index (χ2v) is 5.86. The third-order valence-electron chi connectivity index (χ3n) is 2.60. The van der Waals surface area contributed by atoms with Gasteiger partial charge in [0.05, 0.1) is 0 Å². The molecule has 0 spiro atoms. The summed E-state index contributed by atoms with van der Waals surface area (Å²) in [5.41, 5.74) is 8.87. The molecule has 0 amide bonds. The molecule has 0 atom stereocenters. The summed E-state index contributed by atoms with van der Waals surface area (Å²) < 4.78 is 0. The van der Waals surface area contributed by atoms with Crippen LogP contribution in [0.2, 0.25) is 10.0 Å². The summed E-state index contributed by atoms with van der Waals surface area (Å²) in [5, 5.41) is 1.39. The van der Waals surface area contributed by atoms with E-state index in [-0.39, 0.29) is 0 Å². The summed E-state index contributed by atoms with van der Waals surface area (Å²) in [5.74, 6) is 0.714. The number of halogens is 2. The van der Waals surface area contributed by atoms with Crippen LogP contribution in [0.3, 0.4) is 0 Å². The van der Waals surface area contributed by atoms with E-state index < -0.39 is 0 Å². The number of benzene rings is 2. The SMILES string of the molecule is Cc1ccc(N)c(SCc2c(Cl)cccc2Cl)c1. The van der Waals surface area contributed by atoms with E-state index in [9.17, 15) is 0 Å². The van der Waals surface area contributed by atoms with Gasteiger partial charge < -0.3 is 5.73 Å². The van der Waals surface area contributed by atoms with Gasteiger partial charge in [0.15, 0.2) is 0 Å². The zero-order valence-electron chi connectivity index (χ0n) is 9.91. The molecular formula is C14H13Cl2NS. The molecule has 94 valence electrons. The molecule has 1 nitrogen and oxygen atoms in total. The van der Waals surface area contributed by atoms with Crippen molar-refractivity contribution >= 4 is 40.7 Å². The van der Waals surface area contributed by atoms with Gasteiger partial charge in [0, 0.05) is 26.4 Å². The predicted molar refractivity (Wildman–Crippen MR) is 81.6 cm³/mol. The van der Waals surface area contributed by atoms with Crippen molar-refractivity contribution in [3.63, 3.8) is 0 Å². The van der Waals surface area contributed by atoms with Crippen LogP contribution < -0.4 is 5.73 Å². The van der Waals surface area contributed by atoms with Gasteiger partial charge in [-0.1, -0.05) is 35.3 Å². The minimum absolute atomic E-state index is 0.696. The average molecular weight is 298 g/mol. The third kappa shape index (κ3) is 3.14. The second kappa shape index (κ2) is 5.87. The van der Waals surface area contributed by atoms with Crippen molar-refractivity contribution in [3.8, 4) is 0 Å². The summed E-state index contributed by atoms with van der Waals surface area (Å²) in [6, 6.07) is 11.5. The molecule has 0 saturated carbocycles. The molecule has 2 N–H and O–H groups in total. The van der Waals surface area contributed by atoms with E-state index in [1.54, 1.807) is 11.8 Å². The Labute approximate surface area is 121 Å². The lowest BCUT2D eigenvalue weighted by Crippen LogP contribution is -1.90. The van der Waals surface area contributed by atoms with Crippen molar-refractivity contribution in [2.24, 2.45) is 0 Å². The van der Waals surface area contributed by atoms with Crippen LogP contribution in [0.15, 0.2) is 41.3 Å². The van der Waals surface area contributed by atoms with Crippen molar-refractivity contribution < 1.29 is 0 Å². The molecule has 0 aliphatic heterocycles. The van der Waals surface area contributed by atoms with E-state index >= 15 is 0 Å². The third-order valence-corrected chi connectivity index (χ3v) is 4.41.